The third-order valence-electron chi connectivity index (χ3n) is 1.65. The minimum Gasteiger partial charge on any atom is -0.459 e. The minimum atomic E-state index is -0.520. The number of ether oxygens (including phenoxy) is 1. The molecule has 0 aliphatic heterocycles. The second kappa shape index (κ2) is 5.85. The Labute approximate surface area is 90.4 Å². The first-order valence-electron chi connectivity index (χ1n) is 4.69. The summed E-state index contributed by atoms with van der Waals surface area (Å²) in [5.41, 5.74) is 0.330. The largest absolute Gasteiger partial charge is 0.459 e. The van der Waals surface area contributed by atoms with E-state index in [1.165, 1.54) is 0 Å². The zero-order valence-corrected chi connectivity index (χ0v) is 9.82. The Morgan fingerprint density at radius 1 is 1.47 bits per heavy atom. The van der Waals surface area contributed by atoms with Crippen molar-refractivity contribution in [2.75, 3.05) is 34.3 Å². The summed E-state index contributed by atoms with van der Waals surface area (Å²) < 4.78 is 5.48. The van der Waals surface area contributed by atoms with E-state index in [1.54, 1.807) is 6.92 Å². The maximum Gasteiger partial charge on any atom is 0.333 e. The van der Waals surface area contributed by atoms with Crippen LogP contribution in [0.2, 0.25) is 0 Å². The molecule has 0 fully saturated rings. The molecule has 0 aliphatic rings. The van der Waals surface area contributed by atoms with Crippen LogP contribution in [0.25, 0.3) is 0 Å². The highest BCUT2D eigenvalue weighted by molar-refractivity contribution is 5.86. The van der Waals surface area contributed by atoms with Crippen LogP contribution in [0.1, 0.15) is 6.92 Å². The lowest BCUT2D eigenvalue weighted by Crippen LogP contribution is -2.44. The molecular formula is C10H20NO4+. The van der Waals surface area contributed by atoms with Gasteiger partial charge in [0, 0.05) is 5.57 Å². The van der Waals surface area contributed by atoms with Crippen LogP contribution in [0.3, 0.4) is 0 Å². The maximum absolute atomic E-state index is 11.1. The van der Waals surface area contributed by atoms with Crippen molar-refractivity contribution in [1.29, 1.82) is 0 Å². The van der Waals surface area contributed by atoms with Gasteiger partial charge in [-0.1, -0.05) is 6.58 Å². The average molecular weight is 218 g/mol. The van der Waals surface area contributed by atoms with Crippen molar-refractivity contribution < 1.29 is 24.2 Å². The average Bonchev–Trinajstić information content (AvgIpc) is 2.09. The summed E-state index contributed by atoms with van der Waals surface area (Å²) in [7, 11) is 5.85. The van der Waals surface area contributed by atoms with Gasteiger partial charge in [0.25, 0.3) is 0 Å². The zero-order valence-electron chi connectivity index (χ0n) is 9.82. The second-order valence-corrected chi connectivity index (χ2v) is 4.58. The van der Waals surface area contributed by atoms with E-state index in [0.717, 1.165) is 0 Å². The molecule has 0 rings (SSSR count). The molecule has 0 saturated heterocycles. The van der Waals surface area contributed by atoms with E-state index in [0.29, 0.717) is 16.6 Å². The van der Waals surface area contributed by atoms with Crippen LogP contribution >= 0.6 is 0 Å². The first-order chi connectivity index (χ1) is 6.76. The molecule has 0 heterocycles. The molecule has 15 heavy (non-hydrogen) atoms. The second-order valence-electron chi connectivity index (χ2n) is 4.58. The van der Waals surface area contributed by atoms with Crippen LogP contribution < -0.4 is 0 Å². The van der Waals surface area contributed by atoms with Gasteiger partial charge in [-0.3, -0.25) is 5.26 Å². The van der Waals surface area contributed by atoms with E-state index in [9.17, 15) is 4.79 Å². The Kier molecular flexibility index (Phi) is 5.49. The number of rotatable bonds is 6. The molecule has 1 N–H and O–H groups in total. The molecule has 88 valence electrons. The fraction of sp³-hybridized carbons (Fsp3) is 0.700. The molecule has 0 aromatic heterocycles. The summed E-state index contributed by atoms with van der Waals surface area (Å²) in [6, 6.07) is 0. The predicted octanol–water partition coefficient (Wildman–Crippen LogP) is 0.670. The van der Waals surface area contributed by atoms with E-state index in [-0.39, 0.29) is 6.61 Å². The lowest BCUT2D eigenvalue weighted by Gasteiger charge is -2.27. The summed E-state index contributed by atoms with van der Waals surface area (Å²) in [5.74, 6) is -0.474. The molecular weight excluding hydrogens is 198 g/mol. The van der Waals surface area contributed by atoms with Gasteiger partial charge >= 0.3 is 5.97 Å². The van der Waals surface area contributed by atoms with Gasteiger partial charge in [-0.05, 0) is 6.92 Å². The summed E-state index contributed by atoms with van der Waals surface area (Å²) in [6.07, 6.45) is -0.520. The van der Waals surface area contributed by atoms with Crippen molar-refractivity contribution in [3.05, 3.63) is 12.2 Å². The molecule has 0 aromatic rings. The minimum absolute atomic E-state index is 0.0255. The Hall–Kier alpha value is -0.910. The van der Waals surface area contributed by atoms with Gasteiger partial charge in [-0.15, -0.1) is 0 Å². The van der Waals surface area contributed by atoms with Crippen molar-refractivity contribution >= 4 is 5.97 Å². The molecule has 5 heteroatoms. The number of carbonyl (C=O) groups excluding carboxylic acids is 1. The molecule has 1 unspecified atom stereocenters. The first-order valence-corrected chi connectivity index (χ1v) is 4.69. The highest BCUT2D eigenvalue weighted by Gasteiger charge is 2.20. The van der Waals surface area contributed by atoms with Gasteiger partial charge in [0.2, 0.25) is 0 Å². The summed E-state index contributed by atoms with van der Waals surface area (Å²) in [6.45, 7) is 5.59. The lowest BCUT2D eigenvalue weighted by atomic mass is 10.3. The van der Waals surface area contributed by atoms with Gasteiger partial charge in [-0.25, -0.2) is 9.68 Å². The van der Waals surface area contributed by atoms with Crippen LogP contribution in [-0.4, -0.2) is 56.1 Å². The number of quaternary nitrogens is 1. The molecule has 0 aliphatic carbocycles. The number of likely N-dealkylation sites (N-methyl/N-ethyl adjacent to an activating group) is 1. The topological polar surface area (TPSA) is 55.8 Å². The molecule has 0 aromatic carbocycles. The van der Waals surface area contributed by atoms with Gasteiger partial charge in [-0.2, -0.15) is 0 Å². The number of hydrogen-bond acceptors (Lipinski definition) is 4. The monoisotopic (exact) mass is 218 g/mol. The lowest BCUT2D eigenvalue weighted by molar-refractivity contribution is -0.875. The number of carbonyl (C=O) groups is 1. The van der Waals surface area contributed by atoms with Crippen LogP contribution in [0.15, 0.2) is 12.2 Å². The van der Waals surface area contributed by atoms with Crippen LogP contribution in [0, 0.1) is 0 Å². The van der Waals surface area contributed by atoms with E-state index < -0.39 is 12.1 Å². The highest BCUT2D eigenvalue weighted by Crippen LogP contribution is 2.01. The van der Waals surface area contributed by atoms with Crippen LogP contribution in [0.5, 0.6) is 0 Å². The van der Waals surface area contributed by atoms with E-state index >= 15 is 0 Å². The Morgan fingerprint density at radius 3 is 2.33 bits per heavy atom. The molecule has 0 bridgehead atoms. The van der Waals surface area contributed by atoms with E-state index in [2.05, 4.69) is 11.5 Å². The van der Waals surface area contributed by atoms with Crippen molar-refractivity contribution in [2.45, 2.75) is 13.0 Å². The summed E-state index contributed by atoms with van der Waals surface area (Å²) >= 11 is 0. The Balaban J connectivity index is 4.01. The third kappa shape index (κ3) is 7.07. The number of esters is 1. The van der Waals surface area contributed by atoms with Crippen LogP contribution in [0.4, 0.5) is 0 Å². The number of hydrogen-bond donors (Lipinski definition) is 1. The van der Waals surface area contributed by atoms with Gasteiger partial charge in [0.05, 0.1) is 21.1 Å². The fourth-order valence-corrected chi connectivity index (χ4v) is 1.02. The van der Waals surface area contributed by atoms with Crippen LogP contribution in [-0.2, 0) is 14.4 Å². The van der Waals surface area contributed by atoms with Crippen molar-refractivity contribution in [3.63, 3.8) is 0 Å². The van der Waals surface area contributed by atoms with E-state index in [4.69, 9.17) is 9.99 Å². The Morgan fingerprint density at radius 2 is 2.00 bits per heavy atom. The smallest absolute Gasteiger partial charge is 0.333 e. The SMILES string of the molecule is C=C(C)C(=O)OCC(C[N+](C)(C)C)OO. The highest BCUT2D eigenvalue weighted by atomic mass is 17.1. The quantitative estimate of drug-likeness (QED) is 0.234. The molecule has 0 radical (unpaired) electrons. The van der Waals surface area contributed by atoms with Crippen molar-refractivity contribution in [1.82, 2.24) is 0 Å². The fourth-order valence-electron chi connectivity index (χ4n) is 1.02. The van der Waals surface area contributed by atoms with Crippen molar-refractivity contribution in [2.24, 2.45) is 0 Å². The number of nitrogens with zero attached hydrogens (tertiary/aromatic N) is 1. The molecule has 0 amide bonds. The van der Waals surface area contributed by atoms with E-state index in [1.807, 2.05) is 21.1 Å². The van der Waals surface area contributed by atoms with Gasteiger partial charge in [0.1, 0.15) is 13.2 Å². The predicted molar refractivity (Wildman–Crippen MR) is 56.2 cm³/mol. The van der Waals surface area contributed by atoms with Gasteiger partial charge in [0.15, 0.2) is 6.10 Å². The zero-order chi connectivity index (χ0) is 12.1. The molecule has 1 atom stereocenters. The summed E-state index contributed by atoms with van der Waals surface area (Å²) in [4.78, 5) is 15.3. The molecule has 5 nitrogen and oxygen atoms in total. The Bertz CT molecular complexity index is 232. The normalized spacial score (nSPS) is 13.4. The third-order valence-corrected chi connectivity index (χ3v) is 1.65. The first kappa shape index (κ1) is 14.1. The van der Waals surface area contributed by atoms with Crippen molar-refractivity contribution in [3.8, 4) is 0 Å². The summed E-state index contributed by atoms with van der Waals surface area (Å²) in [5, 5.41) is 8.62. The molecule has 0 spiro atoms. The maximum atomic E-state index is 11.1. The standard InChI is InChI=1S/C10H19NO4/c1-8(2)10(12)14-7-9(15-13)6-11(3,4)5/h9H,1,6-7H2,2-5H3/p+1. The molecule has 0 saturated carbocycles. The van der Waals surface area contributed by atoms with Gasteiger partial charge < -0.3 is 9.22 Å².